The standard InChI is InChI=1S/C21H27F2N3O2/c1-28-25-21(26-12-10-24-11-13-26)20(27)14-19(15-2-6-17(22)7-3-15)16-4-8-18(23)9-5-16/h2-9,19-21,24-25,27H,10-14H2,1H3. The van der Waals surface area contributed by atoms with Crippen molar-refractivity contribution in [2.24, 2.45) is 0 Å². The largest absolute Gasteiger partial charge is 0.390 e. The molecule has 1 saturated heterocycles. The van der Waals surface area contributed by atoms with E-state index in [0.29, 0.717) is 6.42 Å². The van der Waals surface area contributed by atoms with Gasteiger partial charge in [-0.2, -0.15) is 5.48 Å². The fourth-order valence-electron chi connectivity index (χ4n) is 3.70. The summed E-state index contributed by atoms with van der Waals surface area (Å²) in [7, 11) is 1.53. The third-order valence-corrected chi connectivity index (χ3v) is 5.17. The smallest absolute Gasteiger partial charge is 0.123 e. The van der Waals surface area contributed by atoms with Crippen LogP contribution in [-0.2, 0) is 4.84 Å². The highest BCUT2D eigenvalue weighted by Crippen LogP contribution is 2.31. The fraction of sp³-hybridized carbons (Fsp3) is 0.429. The maximum absolute atomic E-state index is 13.4. The van der Waals surface area contributed by atoms with E-state index in [1.54, 1.807) is 24.3 Å². The third-order valence-electron chi connectivity index (χ3n) is 5.17. The molecule has 2 aromatic rings. The van der Waals surface area contributed by atoms with Gasteiger partial charge in [-0.15, -0.1) is 0 Å². The van der Waals surface area contributed by atoms with E-state index in [-0.39, 0.29) is 23.7 Å². The second-order valence-electron chi connectivity index (χ2n) is 7.01. The van der Waals surface area contributed by atoms with Crippen molar-refractivity contribution in [3.63, 3.8) is 0 Å². The number of halogens is 2. The molecule has 0 spiro atoms. The Bertz CT molecular complexity index is 676. The van der Waals surface area contributed by atoms with Gasteiger partial charge in [0.05, 0.1) is 13.2 Å². The van der Waals surface area contributed by atoms with Crippen molar-refractivity contribution < 1.29 is 18.7 Å². The van der Waals surface area contributed by atoms with Crippen LogP contribution in [0.4, 0.5) is 8.78 Å². The first-order valence-corrected chi connectivity index (χ1v) is 9.50. The minimum absolute atomic E-state index is 0.208. The fourth-order valence-corrected chi connectivity index (χ4v) is 3.70. The van der Waals surface area contributed by atoms with Gasteiger partial charge >= 0.3 is 0 Å². The lowest BCUT2D eigenvalue weighted by Gasteiger charge is -2.38. The number of piperazine rings is 1. The van der Waals surface area contributed by atoms with Crippen molar-refractivity contribution >= 4 is 0 Å². The quantitative estimate of drug-likeness (QED) is 0.603. The summed E-state index contributed by atoms with van der Waals surface area (Å²) in [5.74, 6) is -0.843. The van der Waals surface area contributed by atoms with Crippen molar-refractivity contribution in [3.05, 3.63) is 71.3 Å². The first-order chi connectivity index (χ1) is 13.6. The Kier molecular flexibility index (Phi) is 7.47. The van der Waals surface area contributed by atoms with Crippen LogP contribution in [0.1, 0.15) is 23.5 Å². The van der Waals surface area contributed by atoms with Gasteiger partial charge in [0, 0.05) is 32.1 Å². The van der Waals surface area contributed by atoms with E-state index < -0.39 is 6.10 Å². The molecule has 1 aliphatic rings. The number of nitrogens with one attached hydrogen (secondary N) is 2. The van der Waals surface area contributed by atoms with Crippen LogP contribution in [0.3, 0.4) is 0 Å². The monoisotopic (exact) mass is 391 g/mol. The van der Waals surface area contributed by atoms with Crippen LogP contribution in [0.2, 0.25) is 0 Å². The van der Waals surface area contributed by atoms with Crippen LogP contribution in [0.15, 0.2) is 48.5 Å². The average molecular weight is 391 g/mol. The van der Waals surface area contributed by atoms with Gasteiger partial charge in [-0.05, 0) is 41.8 Å². The Hall–Kier alpha value is -1.90. The Morgan fingerprint density at radius 3 is 1.96 bits per heavy atom. The number of benzene rings is 2. The molecule has 2 aromatic carbocycles. The molecule has 0 saturated carbocycles. The van der Waals surface area contributed by atoms with E-state index in [4.69, 9.17) is 4.84 Å². The summed E-state index contributed by atoms with van der Waals surface area (Å²) in [6.07, 6.45) is -0.754. The molecule has 0 bridgehead atoms. The van der Waals surface area contributed by atoms with Crippen LogP contribution >= 0.6 is 0 Å². The number of hydroxylamine groups is 1. The van der Waals surface area contributed by atoms with Crippen molar-refractivity contribution in [3.8, 4) is 0 Å². The molecule has 28 heavy (non-hydrogen) atoms. The van der Waals surface area contributed by atoms with Gasteiger partial charge in [0.1, 0.15) is 17.8 Å². The van der Waals surface area contributed by atoms with Crippen LogP contribution in [-0.4, -0.2) is 55.6 Å². The summed E-state index contributed by atoms with van der Waals surface area (Å²) >= 11 is 0. The van der Waals surface area contributed by atoms with Crippen LogP contribution < -0.4 is 10.8 Å². The molecule has 0 radical (unpaired) electrons. The zero-order valence-corrected chi connectivity index (χ0v) is 15.9. The van der Waals surface area contributed by atoms with Gasteiger partial charge in [-0.25, -0.2) is 8.78 Å². The van der Waals surface area contributed by atoms with E-state index in [1.807, 2.05) is 0 Å². The molecule has 152 valence electrons. The SMILES string of the molecule is CONC(C(O)CC(c1ccc(F)cc1)c1ccc(F)cc1)N1CCNCC1. The molecule has 1 aliphatic heterocycles. The van der Waals surface area contributed by atoms with Crippen LogP contribution in [0, 0.1) is 11.6 Å². The molecule has 0 amide bonds. The highest BCUT2D eigenvalue weighted by Gasteiger charge is 2.30. The molecular formula is C21H27F2N3O2. The predicted octanol–water partition coefficient (Wildman–Crippen LogP) is 2.23. The van der Waals surface area contributed by atoms with Gasteiger partial charge in [-0.3, -0.25) is 4.90 Å². The van der Waals surface area contributed by atoms with Gasteiger partial charge in [-0.1, -0.05) is 24.3 Å². The highest BCUT2D eigenvalue weighted by molar-refractivity contribution is 5.33. The molecule has 5 nitrogen and oxygen atoms in total. The summed E-state index contributed by atoms with van der Waals surface area (Å²) in [4.78, 5) is 7.27. The number of aliphatic hydroxyl groups excluding tert-OH is 1. The first kappa shape index (κ1) is 20.8. The lowest BCUT2D eigenvalue weighted by Crippen LogP contribution is -2.58. The number of nitrogens with zero attached hydrogens (tertiary/aromatic N) is 1. The van der Waals surface area contributed by atoms with E-state index in [9.17, 15) is 13.9 Å². The van der Waals surface area contributed by atoms with Crippen molar-refractivity contribution in [2.75, 3.05) is 33.3 Å². The molecule has 2 unspecified atom stereocenters. The minimum Gasteiger partial charge on any atom is -0.390 e. The van der Waals surface area contributed by atoms with E-state index in [0.717, 1.165) is 37.3 Å². The molecular weight excluding hydrogens is 364 g/mol. The average Bonchev–Trinajstić information content (AvgIpc) is 2.72. The zero-order chi connectivity index (χ0) is 19.9. The van der Waals surface area contributed by atoms with E-state index in [2.05, 4.69) is 15.7 Å². The molecule has 3 rings (SSSR count). The zero-order valence-electron chi connectivity index (χ0n) is 15.9. The molecule has 1 fully saturated rings. The second-order valence-corrected chi connectivity index (χ2v) is 7.01. The third kappa shape index (κ3) is 5.33. The lowest BCUT2D eigenvalue weighted by molar-refractivity contribution is -0.0686. The predicted molar refractivity (Wildman–Crippen MR) is 104 cm³/mol. The first-order valence-electron chi connectivity index (χ1n) is 9.50. The van der Waals surface area contributed by atoms with Crippen LogP contribution in [0.25, 0.3) is 0 Å². The Balaban J connectivity index is 1.84. The Morgan fingerprint density at radius 1 is 1.00 bits per heavy atom. The minimum atomic E-state index is -0.752. The molecule has 2 atom stereocenters. The summed E-state index contributed by atoms with van der Waals surface area (Å²) < 4.78 is 26.8. The Morgan fingerprint density at radius 2 is 1.50 bits per heavy atom. The summed E-state index contributed by atoms with van der Waals surface area (Å²) in [5, 5.41) is 14.3. The van der Waals surface area contributed by atoms with Crippen molar-refractivity contribution in [1.82, 2.24) is 15.7 Å². The summed E-state index contributed by atoms with van der Waals surface area (Å²) in [6.45, 7) is 3.26. The van der Waals surface area contributed by atoms with Crippen LogP contribution in [0.5, 0.6) is 0 Å². The van der Waals surface area contributed by atoms with Gasteiger partial charge in [0.15, 0.2) is 0 Å². The second kappa shape index (κ2) is 10.0. The molecule has 0 aromatic heterocycles. The number of hydrogen-bond acceptors (Lipinski definition) is 5. The summed E-state index contributed by atoms with van der Waals surface area (Å²) in [6, 6.07) is 12.4. The highest BCUT2D eigenvalue weighted by atomic mass is 19.1. The molecule has 1 heterocycles. The number of aliphatic hydroxyl groups is 1. The lowest BCUT2D eigenvalue weighted by atomic mass is 9.86. The molecule has 0 aliphatic carbocycles. The normalized spacial score (nSPS) is 17.6. The maximum Gasteiger partial charge on any atom is 0.123 e. The van der Waals surface area contributed by atoms with Gasteiger partial charge < -0.3 is 15.3 Å². The maximum atomic E-state index is 13.4. The van der Waals surface area contributed by atoms with Gasteiger partial charge in [0.25, 0.3) is 0 Å². The number of hydrogen-bond donors (Lipinski definition) is 3. The van der Waals surface area contributed by atoms with Crippen molar-refractivity contribution in [2.45, 2.75) is 24.6 Å². The number of rotatable bonds is 8. The van der Waals surface area contributed by atoms with E-state index >= 15 is 0 Å². The van der Waals surface area contributed by atoms with Gasteiger partial charge in [0.2, 0.25) is 0 Å². The van der Waals surface area contributed by atoms with Crippen molar-refractivity contribution in [1.29, 1.82) is 0 Å². The topological polar surface area (TPSA) is 56.8 Å². The Labute approximate surface area is 164 Å². The molecule has 3 N–H and O–H groups in total. The summed E-state index contributed by atoms with van der Waals surface area (Å²) in [5.41, 5.74) is 4.64. The van der Waals surface area contributed by atoms with E-state index in [1.165, 1.54) is 31.4 Å². The molecule has 7 heteroatoms.